The normalized spacial score (nSPS) is 15.2. The molecule has 1 aliphatic heterocycles. The summed E-state index contributed by atoms with van der Waals surface area (Å²) in [5, 5.41) is 21.4. The first kappa shape index (κ1) is 48.3. The second kappa shape index (κ2) is 27.9. The number of aliphatic hydroxyl groups is 1. The van der Waals surface area contributed by atoms with Crippen LogP contribution in [0.5, 0.6) is 0 Å². The predicted octanol–water partition coefficient (Wildman–Crippen LogP) is 2.77. The predicted molar refractivity (Wildman–Crippen MR) is 201 cm³/mol. The van der Waals surface area contributed by atoms with Crippen LogP contribution in [0.3, 0.4) is 0 Å². The van der Waals surface area contributed by atoms with E-state index in [0.29, 0.717) is 10.8 Å². The van der Waals surface area contributed by atoms with Gasteiger partial charge in [0.05, 0.1) is 6.54 Å². The van der Waals surface area contributed by atoms with Gasteiger partial charge < -0.3 is 47.5 Å². The maximum absolute atomic E-state index is 12.7. The molecule has 1 saturated heterocycles. The molecule has 0 aromatic heterocycles. The van der Waals surface area contributed by atoms with Gasteiger partial charge in [0, 0.05) is 31.5 Å². The van der Waals surface area contributed by atoms with Gasteiger partial charge in [-0.15, -0.1) is 0 Å². The molecule has 50 heavy (non-hydrogen) atoms. The van der Waals surface area contributed by atoms with E-state index in [0.717, 1.165) is 30.0 Å². The number of nitrogens with one attached hydrogen (secondary N) is 4. The van der Waals surface area contributed by atoms with Crippen LogP contribution >= 0.6 is 12.2 Å². The molecule has 1 aliphatic rings. The van der Waals surface area contributed by atoms with Gasteiger partial charge in [0.1, 0.15) is 25.4 Å². The number of benzene rings is 1. The zero-order valence-corrected chi connectivity index (χ0v) is 32.3. The van der Waals surface area contributed by atoms with Crippen LogP contribution < -0.4 is 32.7 Å². The number of anilines is 1. The number of carbonyl (C=O) groups is 5. The average molecular weight is 726 g/mol. The van der Waals surface area contributed by atoms with Crippen molar-refractivity contribution in [3.05, 3.63) is 29.8 Å². The maximum atomic E-state index is 12.7. The highest BCUT2D eigenvalue weighted by Crippen LogP contribution is 2.29. The second-order valence-corrected chi connectivity index (χ2v) is 12.5. The Morgan fingerprint density at radius 3 is 2.02 bits per heavy atom. The Bertz CT molecular complexity index is 1160. The summed E-state index contributed by atoms with van der Waals surface area (Å²) in [5.41, 5.74) is 11.5. The third-order valence-electron chi connectivity index (χ3n) is 7.08. The minimum atomic E-state index is -1.05. The molecule has 9 N–H and O–H groups in total. The number of rotatable bonds is 15. The molecule has 1 fully saturated rings. The topological polar surface area (TPSA) is 218 Å². The van der Waals surface area contributed by atoms with Gasteiger partial charge in [-0.25, -0.2) is 0 Å². The molecule has 14 nitrogen and oxygen atoms in total. The SMILES string of the molecule is CC.CC(=O)OCc1ccc(NC(=O)CNC(=O)C(NC(=O)CN2C(=O)CC(C(C)C)C2O)C(C)C)cc1.CCCCN.CCCNC(N)=S. The van der Waals surface area contributed by atoms with Gasteiger partial charge >= 0.3 is 5.97 Å². The van der Waals surface area contributed by atoms with Crippen molar-refractivity contribution in [3.8, 4) is 0 Å². The number of hydrogen-bond acceptors (Lipinski definition) is 9. The Kier molecular flexibility index (Phi) is 27.0. The van der Waals surface area contributed by atoms with Gasteiger partial charge in [0.15, 0.2) is 5.11 Å². The van der Waals surface area contributed by atoms with Crippen molar-refractivity contribution in [1.29, 1.82) is 0 Å². The van der Waals surface area contributed by atoms with Crippen LogP contribution in [0.1, 0.15) is 93.6 Å². The number of thiocarbonyl (C=S) groups is 1. The largest absolute Gasteiger partial charge is 0.461 e. The number of nitrogens with zero attached hydrogens (tertiary/aromatic N) is 1. The number of aliphatic hydroxyl groups excluding tert-OH is 1. The molecule has 1 aromatic rings. The Balaban J connectivity index is 0. The molecule has 0 bridgehead atoms. The van der Waals surface area contributed by atoms with Crippen LogP contribution in [0.25, 0.3) is 0 Å². The van der Waals surface area contributed by atoms with Crippen molar-refractivity contribution in [2.24, 2.45) is 29.2 Å². The van der Waals surface area contributed by atoms with Crippen molar-refractivity contribution in [2.75, 3.05) is 31.5 Å². The van der Waals surface area contributed by atoms with Gasteiger partial charge in [-0.05, 0) is 61.1 Å². The van der Waals surface area contributed by atoms with E-state index in [2.05, 4.69) is 47.3 Å². The zero-order chi connectivity index (χ0) is 38.8. The molecule has 3 unspecified atom stereocenters. The molecule has 0 aliphatic carbocycles. The summed E-state index contributed by atoms with van der Waals surface area (Å²) in [4.78, 5) is 61.8. The van der Waals surface area contributed by atoms with Crippen molar-refractivity contribution in [3.63, 3.8) is 0 Å². The van der Waals surface area contributed by atoms with Crippen molar-refractivity contribution >= 4 is 52.6 Å². The van der Waals surface area contributed by atoms with Crippen molar-refractivity contribution < 1.29 is 33.8 Å². The first-order chi connectivity index (χ1) is 23.6. The van der Waals surface area contributed by atoms with Crippen LogP contribution in [-0.2, 0) is 35.3 Å². The van der Waals surface area contributed by atoms with E-state index in [4.69, 9.17) is 16.2 Å². The fourth-order valence-electron chi connectivity index (χ4n) is 4.28. The number of nitrogens with two attached hydrogens (primary N) is 2. The summed E-state index contributed by atoms with van der Waals surface area (Å²) in [6.07, 6.45) is 2.58. The lowest BCUT2D eigenvalue weighted by Gasteiger charge is -2.26. The molecule has 3 atom stereocenters. The van der Waals surface area contributed by atoms with Gasteiger partial charge in [-0.1, -0.05) is 73.9 Å². The Morgan fingerprint density at radius 1 is 1.02 bits per heavy atom. The third kappa shape index (κ3) is 21.3. The zero-order valence-electron chi connectivity index (χ0n) is 31.5. The molecular weight excluding hydrogens is 662 g/mol. The summed E-state index contributed by atoms with van der Waals surface area (Å²) >= 11 is 4.53. The molecular formula is C35H63N7O7S. The van der Waals surface area contributed by atoms with Gasteiger partial charge in [-0.3, -0.25) is 24.0 Å². The molecule has 0 radical (unpaired) electrons. The van der Waals surface area contributed by atoms with Crippen LogP contribution in [0.4, 0.5) is 5.69 Å². The highest BCUT2D eigenvalue weighted by atomic mass is 32.1. The summed E-state index contributed by atoms with van der Waals surface area (Å²) < 4.78 is 4.91. The van der Waals surface area contributed by atoms with Crippen molar-refractivity contribution in [2.45, 2.75) is 107 Å². The molecule has 4 amide bonds. The van der Waals surface area contributed by atoms with Gasteiger partial charge in [0.2, 0.25) is 23.6 Å². The minimum Gasteiger partial charge on any atom is -0.461 e. The lowest BCUT2D eigenvalue weighted by Crippen LogP contribution is -2.53. The third-order valence-corrected chi connectivity index (χ3v) is 7.22. The molecule has 0 spiro atoms. The minimum absolute atomic E-state index is 0.0797. The van der Waals surface area contributed by atoms with E-state index in [-0.39, 0.29) is 55.7 Å². The van der Waals surface area contributed by atoms with E-state index in [9.17, 15) is 29.1 Å². The summed E-state index contributed by atoms with van der Waals surface area (Å²) in [5.74, 6) is -2.73. The Morgan fingerprint density at radius 2 is 1.62 bits per heavy atom. The summed E-state index contributed by atoms with van der Waals surface area (Å²) in [6.45, 7) is 18.0. The molecule has 286 valence electrons. The van der Waals surface area contributed by atoms with E-state index in [1.165, 1.54) is 19.8 Å². The summed E-state index contributed by atoms with van der Waals surface area (Å²) in [6, 6.07) is 5.77. The second-order valence-electron chi connectivity index (χ2n) is 12.0. The first-order valence-electron chi connectivity index (χ1n) is 17.4. The molecule has 2 rings (SSSR count). The molecule has 15 heteroatoms. The van der Waals surface area contributed by atoms with Crippen LogP contribution in [0, 0.1) is 17.8 Å². The molecule has 1 heterocycles. The fourth-order valence-corrected chi connectivity index (χ4v) is 4.38. The van der Waals surface area contributed by atoms with E-state index < -0.39 is 30.0 Å². The van der Waals surface area contributed by atoms with Crippen molar-refractivity contribution in [1.82, 2.24) is 20.9 Å². The Hall–Kier alpha value is -3.82. The first-order valence-corrected chi connectivity index (χ1v) is 17.8. The molecule has 1 aromatic carbocycles. The lowest BCUT2D eigenvalue weighted by molar-refractivity contribution is -0.142. The molecule has 0 saturated carbocycles. The van der Waals surface area contributed by atoms with E-state index >= 15 is 0 Å². The van der Waals surface area contributed by atoms with E-state index in [1.54, 1.807) is 38.1 Å². The van der Waals surface area contributed by atoms with Gasteiger partial charge in [0.25, 0.3) is 0 Å². The highest BCUT2D eigenvalue weighted by molar-refractivity contribution is 7.80. The van der Waals surface area contributed by atoms with E-state index in [1.807, 2.05) is 27.7 Å². The summed E-state index contributed by atoms with van der Waals surface area (Å²) in [7, 11) is 0. The van der Waals surface area contributed by atoms with Crippen LogP contribution in [-0.4, -0.2) is 83.2 Å². The standard InChI is InChI=1S/C25H36N4O7.C4H10N2S.C4H11N.C2H6/c1-14(2)19-10-22(33)29(25(19)35)12-21(32)28-23(15(3)4)24(34)26-11-20(31)27-18-8-6-17(7-9-18)13-36-16(5)30;1-2-3-6-4(5)7;1-2-3-4-5;1-2/h6-9,14-15,19,23,25,35H,10-13H2,1-5H3,(H,26,34)(H,27,31)(H,28,32);2-3H2,1H3,(H3,5,6,7);2-5H2,1H3;1-2H3. The van der Waals surface area contributed by atoms with Crippen LogP contribution in [0.15, 0.2) is 24.3 Å². The number of unbranched alkanes of at least 4 members (excludes halogenated alkanes) is 1. The average Bonchev–Trinajstić information content (AvgIpc) is 3.35. The quantitative estimate of drug-likeness (QED) is 0.103. The number of carbonyl (C=O) groups excluding carboxylic acids is 5. The number of esters is 1. The smallest absolute Gasteiger partial charge is 0.302 e. The number of ether oxygens (including phenoxy) is 1. The van der Waals surface area contributed by atoms with Gasteiger partial charge in [-0.2, -0.15) is 0 Å². The number of amides is 4. The van der Waals surface area contributed by atoms with Crippen LogP contribution in [0.2, 0.25) is 0 Å². The fraction of sp³-hybridized carbons (Fsp3) is 0.657. The number of hydrogen-bond donors (Lipinski definition) is 7. The highest BCUT2D eigenvalue weighted by Gasteiger charge is 2.41. The maximum Gasteiger partial charge on any atom is 0.302 e. The monoisotopic (exact) mass is 725 g/mol. The Labute approximate surface area is 304 Å². The number of likely N-dealkylation sites (tertiary alicyclic amines) is 1. The lowest BCUT2D eigenvalue weighted by atomic mass is 9.94.